The molecule has 1 heteroatoms. The summed E-state index contributed by atoms with van der Waals surface area (Å²) in [5, 5.41) is 0. The van der Waals surface area contributed by atoms with Crippen LogP contribution in [-0.4, -0.2) is 12.2 Å². The molecule has 2 unspecified atom stereocenters. The van der Waals surface area contributed by atoms with Crippen molar-refractivity contribution in [2.24, 2.45) is 5.41 Å². The first-order valence-electron chi connectivity index (χ1n) is 5.82. The molecular weight excluding hydrogens is 172 g/mol. The van der Waals surface area contributed by atoms with Crippen molar-refractivity contribution in [1.82, 2.24) is 0 Å². The van der Waals surface area contributed by atoms with Gasteiger partial charge >= 0.3 is 0 Å². The lowest BCUT2D eigenvalue weighted by Crippen LogP contribution is -2.38. The fourth-order valence-electron chi connectivity index (χ4n) is 1.84. The lowest BCUT2D eigenvalue weighted by Gasteiger charge is -2.39. The van der Waals surface area contributed by atoms with Crippen LogP contribution < -0.4 is 0 Å². The first kappa shape index (κ1) is 11.8. The third kappa shape index (κ3) is 2.38. The van der Waals surface area contributed by atoms with Crippen molar-refractivity contribution in [3.05, 3.63) is 11.6 Å². The highest BCUT2D eigenvalue weighted by Gasteiger charge is 2.33. The van der Waals surface area contributed by atoms with Gasteiger partial charge in [0.05, 0.1) is 12.2 Å². The van der Waals surface area contributed by atoms with E-state index in [-0.39, 0.29) is 5.41 Å². The molecule has 0 aromatic rings. The van der Waals surface area contributed by atoms with Gasteiger partial charge in [-0.2, -0.15) is 0 Å². The molecule has 1 aliphatic rings. The van der Waals surface area contributed by atoms with Crippen LogP contribution in [0.15, 0.2) is 11.6 Å². The van der Waals surface area contributed by atoms with E-state index in [9.17, 15) is 0 Å². The van der Waals surface area contributed by atoms with Gasteiger partial charge in [0.25, 0.3) is 0 Å². The second-order valence-corrected chi connectivity index (χ2v) is 5.03. The molecule has 0 bridgehead atoms. The summed E-state index contributed by atoms with van der Waals surface area (Å²) in [6, 6.07) is 0. The Labute approximate surface area is 88.5 Å². The summed E-state index contributed by atoms with van der Waals surface area (Å²) in [5.41, 5.74) is 1.69. The van der Waals surface area contributed by atoms with Crippen LogP contribution >= 0.6 is 0 Å². The molecule has 0 N–H and O–H groups in total. The summed E-state index contributed by atoms with van der Waals surface area (Å²) in [7, 11) is 0. The molecule has 1 heterocycles. The Morgan fingerprint density at radius 3 is 2.57 bits per heavy atom. The predicted octanol–water partition coefficient (Wildman–Crippen LogP) is 3.94. The molecule has 0 saturated heterocycles. The van der Waals surface area contributed by atoms with Gasteiger partial charge in [-0.05, 0) is 20.3 Å². The van der Waals surface area contributed by atoms with E-state index in [1.54, 1.807) is 0 Å². The molecule has 1 rings (SSSR count). The zero-order valence-corrected chi connectivity index (χ0v) is 10.3. The fourth-order valence-corrected chi connectivity index (χ4v) is 1.84. The highest BCUT2D eigenvalue weighted by molar-refractivity contribution is 5.16. The molecule has 0 aromatic carbocycles. The van der Waals surface area contributed by atoms with E-state index in [1.807, 2.05) is 0 Å². The standard InChI is InChI=1S/C13H24O/c1-6-7-8-12-9-10(2)13(4,5)11(3)14-12/h9,11-12H,6-8H2,1-5H3. The van der Waals surface area contributed by atoms with Crippen LogP contribution in [0.25, 0.3) is 0 Å². The van der Waals surface area contributed by atoms with Crippen LogP contribution in [0, 0.1) is 5.41 Å². The number of ether oxygens (including phenoxy) is 1. The van der Waals surface area contributed by atoms with Crippen molar-refractivity contribution in [1.29, 1.82) is 0 Å². The van der Waals surface area contributed by atoms with Crippen LogP contribution in [0.5, 0.6) is 0 Å². The SMILES string of the molecule is CCCCC1C=C(C)C(C)(C)C(C)O1. The van der Waals surface area contributed by atoms with Crippen LogP contribution in [0.3, 0.4) is 0 Å². The van der Waals surface area contributed by atoms with E-state index in [2.05, 4.69) is 40.7 Å². The zero-order valence-electron chi connectivity index (χ0n) is 10.3. The molecular formula is C13H24O. The Balaban J connectivity index is 2.65. The maximum Gasteiger partial charge on any atom is 0.0762 e. The molecule has 0 aromatic heterocycles. The second kappa shape index (κ2) is 4.48. The summed E-state index contributed by atoms with van der Waals surface area (Å²) in [6.45, 7) is 11.2. The third-order valence-electron chi connectivity index (χ3n) is 3.69. The lowest BCUT2D eigenvalue weighted by atomic mass is 9.77. The highest BCUT2D eigenvalue weighted by Crippen LogP contribution is 2.37. The molecule has 0 fully saturated rings. The van der Waals surface area contributed by atoms with Gasteiger partial charge in [0, 0.05) is 5.41 Å². The number of unbranched alkanes of at least 4 members (excludes halogenated alkanes) is 1. The van der Waals surface area contributed by atoms with Crippen LogP contribution in [0.2, 0.25) is 0 Å². The monoisotopic (exact) mass is 196 g/mol. The fraction of sp³-hybridized carbons (Fsp3) is 0.846. The molecule has 1 aliphatic heterocycles. The summed E-state index contributed by atoms with van der Waals surface area (Å²) >= 11 is 0. The lowest BCUT2D eigenvalue weighted by molar-refractivity contribution is -0.0474. The molecule has 82 valence electrons. The van der Waals surface area contributed by atoms with Crippen LogP contribution in [0.4, 0.5) is 0 Å². The summed E-state index contributed by atoms with van der Waals surface area (Å²) in [6.07, 6.45) is 6.71. The Morgan fingerprint density at radius 2 is 2.07 bits per heavy atom. The van der Waals surface area contributed by atoms with Crippen molar-refractivity contribution >= 4 is 0 Å². The average molecular weight is 196 g/mol. The summed E-state index contributed by atoms with van der Waals surface area (Å²) in [4.78, 5) is 0. The largest absolute Gasteiger partial charge is 0.370 e. The molecule has 0 spiro atoms. The molecule has 0 amide bonds. The average Bonchev–Trinajstić information content (AvgIpc) is 2.11. The Kier molecular flexibility index (Phi) is 3.77. The molecule has 0 saturated carbocycles. The van der Waals surface area contributed by atoms with Crippen molar-refractivity contribution in [3.8, 4) is 0 Å². The Bertz CT molecular complexity index is 215. The first-order valence-corrected chi connectivity index (χ1v) is 5.82. The van der Waals surface area contributed by atoms with Gasteiger partial charge in [0.1, 0.15) is 0 Å². The van der Waals surface area contributed by atoms with Gasteiger partial charge in [-0.15, -0.1) is 0 Å². The van der Waals surface area contributed by atoms with Crippen molar-refractivity contribution in [2.75, 3.05) is 0 Å². The van der Waals surface area contributed by atoms with E-state index in [1.165, 1.54) is 24.8 Å². The Morgan fingerprint density at radius 1 is 1.43 bits per heavy atom. The third-order valence-corrected chi connectivity index (χ3v) is 3.69. The smallest absolute Gasteiger partial charge is 0.0762 e. The normalized spacial score (nSPS) is 31.4. The van der Waals surface area contributed by atoms with E-state index >= 15 is 0 Å². The summed E-state index contributed by atoms with van der Waals surface area (Å²) in [5.74, 6) is 0. The van der Waals surface area contributed by atoms with Crippen molar-refractivity contribution < 1.29 is 4.74 Å². The minimum absolute atomic E-state index is 0.211. The summed E-state index contributed by atoms with van der Waals surface area (Å²) < 4.78 is 6.00. The number of rotatable bonds is 3. The minimum atomic E-state index is 0.211. The highest BCUT2D eigenvalue weighted by atomic mass is 16.5. The van der Waals surface area contributed by atoms with E-state index < -0.39 is 0 Å². The number of hydrogen-bond donors (Lipinski definition) is 0. The number of hydrogen-bond acceptors (Lipinski definition) is 1. The molecule has 14 heavy (non-hydrogen) atoms. The molecule has 0 radical (unpaired) electrons. The maximum absolute atomic E-state index is 6.00. The van der Waals surface area contributed by atoms with E-state index in [0.717, 1.165) is 0 Å². The van der Waals surface area contributed by atoms with Crippen LogP contribution in [-0.2, 0) is 4.74 Å². The van der Waals surface area contributed by atoms with Crippen molar-refractivity contribution in [2.45, 2.75) is 66.1 Å². The zero-order chi connectivity index (χ0) is 10.8. The molecule has 2 atom stereocenters. The second-order valence-electron chi connectivity index (χ2n) is 5.03. The molecule has 0 aliphatic carbocycles. The van der Waals surface area contributed by atoms with E-state index in [0.29, 0.717) is 12.2 Å². The van der Waals surface area contributed by atoms with E-state index in [4.69, 9.17) is 4.74 Å². The Hall–Kier alpha value is -0.300. The van der Waals surface area contributed by atoms with Crippen LogP contribution in [0.1, 0.15) is 53.9 Å². The van der Waals surface area contributed by atoms with Gasteiger partial charge in [-0.1, -0.05) is 45.3 Å². The van der Waals surface area contributed by atoms with Gasteiger partial charge in [0.2, 0.25) is 0 Å². The van der Waals surface area contributed by atoms with Gasteiger partial charge in [-0.25, -0.2) is 0 Å². The predicted molar refractivity (Wildman–Crippen MR) is 61.4 cm³/mol. The van der Waals surface area contributed by atoms with Gasteiger partial charge in [-0.3, -0.25) is 0 Å². The maximum atomic E-state index is 6.00. The van der Waals surface area contributed by atoms with Crippen molar-refractivity contribution in [3.63, 3.8) is 0 Å². The minimum Gasteiger partial charge on any atom is -0.370 e. The van der Waals surface area contributed by atoms with Gasteiger partial charge in [0.15, 0.2) is 0 Å². The molecule has 1 nitrogen and oxygen atoms in total. The topological polar surface area (TPSA) is 9.23 Å². The van der Waals surface area contributed by atoms with Gasteiger partial charge < -0.3 is 4.74 Å². The quantitative estimate of drug-likeness (QED) is 0.621. The first-order chi connectivity index (χ1) is 6.48.